The molecule has 0 aromatic carbocycles. The molecule has 2 aliphatic heterocycles. The summed E-state index contributed by atoms with van der Waals surface area (Å²) in [5.41, 5.74) is 1.83. The normalized spacial score (nSPS) is 18.3. The average Bonchev–Trinajstić information content (AvgIpc) is 3.04. The van der Waals surface area contributed by atoms with E-state index in [2.05, 4.69) is 30.0 Å². The SMILES string of the molecule is Cc1ccnc(N2CCC(c3nnc4ccc(N5CCC5)nn34)CC2)n1. The number of hydrogen-bond donors (Lipinski definition) is 0. The molecule has 2 fully saturated rings. The molecule has 0 radical (unpaired) electrons. The third-order valence-electron chi connectivity index (χ3n) is 5.38. The Morgan fingerprint density at radius 1 is 0.962 bits per heavy atom. The van der Waals surface area contributed by atoms with Gasteiger partial charge in [0.05, 0.1) is 0 Å². The van der Waals surface area contributed by atoms with Gasteiger partial charge in [-0.15, -0.1) is 15.3 Å². The second-order valence-corrected chi connectivity index (χ2v) is 7.12. The van der Waals surface area contributed by atoms with E-state index in [4.69, 9.17) is 5.10 Å². The molecule has 134 valence electrons. The Hall–Kier alpha value is -2.77. The van der Waals surface area contributed by atoms with Crippen LogP contribution >= 0.6 is 0 Å². The molecule has 0 spiro atoms. The van der Waals surface area contributed by atoms with Gasteiger partial charge in [-0.3, -0.25) is 0 Å². The van der Waals surface area contributed by atoms with Crippen molar-refractivity contribution >= 4 is 17.4 Å². The van der Waals surface area contributed by atoms with Gasteiger partial charge in [0.15, 0.2) is 11.5 Å². The van der Waals surface area contributed by atoms with E-state index in [0.29, 0.717) is 5.92 Å². The summed E-state index contributed by atoms with van der Waals surface area (Å²) in [6.07, 6.45) is 5.09. The summed E-state index contributed by atoms with van der Waals surface area (Å²) in [7, 11) is 0. The summed E-state index contributed by atoms with van der Waals surface area (Å²) >= 11 is 0. The topological polar surface area (TPSA) is 75.3 Å². The first-order chi connectivity index (χ1) is 12.8. The van der Waals surface area contributed by atoms with Gasteiger partial charge in [0.1, 0.15) is 5.82 Å². The quantitative estimate of drug-likeness (QED) is 0.713. The van der Waals surface area contributed by atoms with E-state index in [1.807, 2.05) is 35.8 Å². The van der Waals surface area contributed by atoms with Crippen molar-refractivity contribution < 1.29 is 0 Å². The van der Waals surface area contributed by atoms with Crippen molar-refractivity contribution in [1.82, 2.24) is 29.8 Å². The number of nitrogens with zero attached hydrogens (tertiary/aromatic N) is 8. The van der Waals surface area contributed by atoms with Gasteiger partial charge in [-0.1, -0.05) is 0 Å². The molecule has 0 aliphatic carbocycles. The van der Waals surface area contributed by atoms with E-state index in [1.54, 1.807) is 0 Å². The highest BCUT2D eigenvalue weighted by molar-refractivity contribution is 5.47. The minimum absolute atomic E-state index is 0.366. The monoisotopic (exact) mass is 350 g/mol. The standard InChI is InChI=1S/C18H22N8/c1-13-5-8-19-18(20-13)25-11-6-14(7-12-25)17-22-21-15-3-4-16(23-26(15)17)24-9-2-10-24/h3-5,8,14H,2,6-7,9-12H2,1H3. The lowest BCUT2D eigenvalue weighted by atomic mass is 9.96. The zero-order valence-corrected chi connectivity index (χ0v) is 14.9. The van der Waals surface area contributed by atoms with Crippen LogP contribution in [0.1, 0.15) is 36.7 Å². The number of aryl methyl sites for hydroxylation is 1. The Morgan fingerprint density at radius 3 is 2.54 bits per heavy atom. The van der Waals surface area contributed by atoms with Crippen LogP contribution in [0.5, 0.6) is 0 Å². The van der Waals surface area contributed by atoms with Gasteiger partial charge in [0.2, 0.25) is 5.95 Å². The second-order valence-electron chi connectivity index (χ2n) is 7.12. The number of aromatic nitrogens is 6. The number of fused-ring (bicyclic) bond motifs is 1. The van der Waals surface area contributed by atoms with Crippen LogP contribution in [0.15, 0.2) is 24.4 Å². The van der Waals surface area contributed by atoms with Gasteiger partial charge >= 0.3 is 0 Å². The number of rotatable bonds is 3. The second kappa shape index (κ2) is 6.19. The first-order valence-electron chi connectivity index (χ1n) is 9.30. The molecule has 0 atom stereocenters. The van der Waals surface area contributed by atoms with Crippen LogP contribution < -0.4 is 9.80 Å². The highest BCUT2D eigenvalue weighted by Gasteiger charge is 2.27. The van der Waals surface area contributed by atoms with E-state index in [9.17, 15) is 0 Å². The fourth-order valence-electron chi connectivity index (χ4n) is 3.69. The maximum atomic E-state index is 4.80. The average molecular weight is 350 g/mol. The van der Waals surface area contributed by atoms with Crippen molar-refractivity contribution in [3.8, 4) is 0 Å². The number of anilines is 2. The van der Waals surface area contributed by atoms with Gasteiger partial charge in [0, 0.05) is 44.0 Å². The van der Waals surface area contributed by atoms with Gasteiger partial charge in [-0.05, 0) is 44.4 Å². The Morgan fingerprint density at radius 2 is 1.81 bits per heavy atom. The van der Waals surface area contributed by atoms with Gasteiger partial charge in [0.25, 0.3) is 0 Å². The molecule has 5 heterocycles. The summed E-state index contributed by atoms with van der Waals surface area (Å²) in [6, 6.07) is 6.00. The zero-order valence-electron chi connectivity index (χ0n) is 14.9. The lowest BCUT2D eigenvalue weighted by Gasteiger charge is -2.32. The molecule has 5 rings (SSSR count). The fraction of sp³-hybridized carbons (Fsp3) is 0.500. The van der Waals surface area contributed by atoms with Crippen LogP contribution in [0.2, 0.25) is 0 Å². The van der Waals surface area contributed by atoms with E-state index in [0.717, 1.165) is 68.0 Å². The molecule has 0 amide bonds. The third kappa shape index (κ3) is 2.65. The first-order valence-corrected chi connectivity index (χ1v) is 9.30. The summed E-state index contributed by atoms with van der Waals surface area (Å²) in [4.78, 5) is 13.5. The molecule has 0 N–H and O–H groups in total. The zero-order chi connectivity index (χ0) is 17.5. The smallest absolute Gasteiger partial charge is 0.225 e. The summed E-state index contributed by atoms with van der Waals surface area (Å²) in [5.74, 6) is 3.19. The Labute approximate surface area is 151 Å². The van der Waals surface area contributed by atoms with E-state index in [-0.39, 0.29) is 0 Å². The highest BCUT2D eigenvalue weighted by Crippen LogP contribution is 2.29. The molecular formula is C18H22N8. The molecule has 2 saturated heterocycles. The molecule has 3 aromatic heterocycles. The van der Waals surface area contributed by atoms with Crippen LogP contribution in [0.25, 0.3) is 5.65 Å². The molecule has 26 heavy (non-hydrogen) atoms. The maximum absolute atomic E-state index is 4.80. The summed E-state index contributed by atoms with van der Waals surface area (Å²) < 4.78 is 1.94. The van der Waals surface area contributed by atoms with Gasteiger partial charge in [-0.2, -0.15) is 4.52 Å². The van der Waals surface area contributed by atoms with Gasteiger partial charge < -0.3 is 9.80 Å². The third-order valence-corrected chi connectivity index (χ3v) is 5.38. The molecule has 3 aromatic rings. The predicted octanol–water partition coefficient (Wildman–Crippen LogP) is 1.82. The number of hydrogen-bond acceptors (Lipinski definition) is 7. The molecule has 2 aliphatic rings. The van der Waals surface area contributed by atoms with E-state index in [1.165, 1.54) is 6.42 Å². The molecular weight excluding hydrogens is 328 g/mol. The van der Waals surface area contributed by atoms with Crippen LogP contribution in [-0.2, 0) is 0 Å². The van der Waals surface area contributed by atoms with Gasteiger partial charge in [-0.25, -0.2) is 9.97 Å². The lowest BCUT2D eigenvalue weighted by Crippen LogP contribution is -2.38. The van der Waals surface area contributed by atoms with E-state index >= 15 is 0 Å². The Balaban J connectivity index is 1.36. The van der Waals surface area contributed by atoms with Crippen LogP contribution in [-0.4, -0.2) is 56.0 Å². The van der Waals surface area contributed by atoms with Crippen LogP contribution in [0, 0.1) is 6.92 Å². The predicted molar refractivity (Wildman–Crippen MR) is 98.6 cm³/mol. The van der Waals surface area contributed by atoms with Crippen molar-refractivity contribution in [3.05, 3.63) is 35.9 Å². The highest BCUT2D eigenvalue weighted by atomic mass is 15.4. The number of piperidine rings is 1. The minimum Gasteiger partial charge on any atom is -0.355 e. The molecule has 0 saturated carbocycles. The maximum Gasteiger partial charge on any atom is 0.225 e. The molecule has 0 bridgehead atoms. The van der Waals surface area contributed by atoms with Crippen LogP contribution in [0.4, 0.5) is 11.8 Å². The Bertz CT molecular complexity index is 924. The minimum atomic E-state index is 0.366. The van der Waals surface area contributed by atoms with E-state index < -0.39 is 0 Å². The first kappa shape index (κ1) is 15.5. The van der Waals surface area contributed by atoms with Crippen molar-refractivity contribution in [2.75, 3.05) is 36.0 Å². The van der Waals surface area contributed by atoms with Crippen molar-refractivity contribution in [2.24, 2.45) is 0 Å². The van der Waals surface area contributed by atoms with Crippen molar-refractivity contribution in [3.63, 3.8) is 0 Å². The van der Waals surface area contributed by atoms with Crippen molar-refractivity contribution in [2.45, 2.75) is 32.1 Å². The summed E-state index contributed by atoms with van der Waals surface area (Å²) in [5, 5.41) is 13.6. The largest absolute Gasteiger partial charge is 0.355 e. The fourth-order valence-corrected chi connectivity index (χ4v) is 3.69. The lowest BCUT2D eigenvalue weighted by molar-refractivity contribution is 0.471. The Kier molecular flexibility index (Phi) is 3.69. The molecule has 8 heteroatoms. The molecule has 0 unspecified atom stereocenters. The molecule has 8 nitrogen and oxygen atoms in total. The van der Waals surface area contributed by atoms with Crippen LogP contribution in [0.3, 0.4) is 0 Å². The summed E-state index contributed by atoms with van der Waals surface area (Å²) in [6.45, 7) is 6.03. The van der Waals surface area contributed by atoms with Crippen molar-refractivity contribution in [1.29, 1.82) is 0 Å².